The number of carbonyl (C=O) groups is 1. The van der Waals surface area contributed by atoms with Gasteiger partial charge < -0.3 is 5.32 Å². The highest BCUT2D eigenvalue weighted by molar-refractivity contribution is 5.92. The van der Waals surface area contributed by atoms with Crippen LogP contribution in [-0.4, -0.2) is 11.4 Å². The predicted octanol–water partition coefficient (Wildman–Crippen LogP) is 1.77. The van der Waals surface area contributed by atoms with Crippen LogP contribution < -0.4 is 5.32 Å². The molecule has 2 fully saturated rings. The van der Waals surface area contributed by atoms with Crippen LogP contribution in [0.4, 0.5) is 0 Å². The molecule has 1 N–H and O–H groups in total. The van der Waals surface area contributed by atoms with Gasteiger partial charge in [-0.25, -0.2) is 0 Å². The van der Waals surface area contributed by atoms with E-state index < -0.39 is 0 Å². The van der Waals surface area contributed by atoms with Crippen molar-refractivity contribution in [3.63, 3.8) is 0 Å². The van der Waals surface area contributed by atoms with Crippen LogP contribution in [0.25, 0.3) is 0 Å². The summed E-state index contributed by atoms with van der Waals surface area (Å²) in [4.78, 5) is 11.7. The second-order valence-corrected chi connectivity index (χ2v) is 4.71. The Morgan fingerprint density at radius 3 is 2.69 bits per heavy atom. The zero-order valence-corrected chi connectivity index (χ0v) is 7.81. The summed E-state index contributed by atoms with van der Waals surface area (Å²) < 4.78 is 0. The van der Waals surface area contributed by atoms with Gasteiger partial charge >= 0.3 is 0 Å². The molecule has 0 aromatic rings. The van der Waals surface area contributed by atoms with E-state index in [0.717, 1.165) is 19.3 Å². The minimum atomic E-state index is 0.0139. The molecule has 3 aliphatic rings. The molecule has 0 aromatic heterocycles. The number of nitrogens with one attached hydrogen (secondary N) is 1. The number of hydrogen-bond donors (Lipinski definition) is 1. The number of β-lactam (4-membered cyclic amide) rings is 1. The standard InChI is InChI=1S/C11H15NO/c13-9-10-5-1-3-7-11(10,12-9)8-4-2-6-10/h1,3H,2,4-8H2,(H,12,13). The summed E-state index contributed by atoms with van der Waals surface area (Å²) in [7, 11) is 0. The fourth-order valence-electron chi connectivity index (χ4n) is 3.43. The first-order valence-electron chi connectivity index (χ1n) is 5.27. The predicted molar refractivity (Wildman–Crippen MR) is 50.1 cm³/mol. The monoisotopic (exact) mass is 177 g/mol. The van der Waals surface area contributed by atoms with Crippen molar-refractivity contribution in [1.29, 1.82) is 0 Å². The maximum Gasteiger partial charge on any atom is 0.229 e. The van der Waals surface area contributed by atoms with Gasteiger partial charge in [0.05, 0.1) is 11.0 Å². The summed E-state index contributed by atoms with van der Waals surface area (Å²) >= 11 is 0. The molecule has 2 aliphatic carbocycles. The molecule has 2 nitrogen and oxygen atoms in total. The SMILES string of the molecule is O=C1NC23CC=CCC12CCCC3. The average Bonchev–Trinajstić information content (AvgIpc) is 2.15. The van der Waals surface area contributed by atoms with Crippen LogP contribution in [0, 0.1) is 5.41 Å². The van der Waals surface area contributed by atoms with Gasteiger partial charge in [-0.3, -0.25) is 4.79 Å². The number of amides is 1. The number of hydrogen-bond acceptors (Lipinski definition) is 1. The Balaban J connectivity index is 2.04. The van der Waals surface area contributed by atoms with Gasteiger partial charge in [0.25, 0.3) is 0 Å². The largest absolute Gasteiger partial charge is 0.349 e. The Morgan fingerprint density at radius 2 is 1.92 bits per heavy atom. The van der Waals surface area contributed by atoms with E-state index >= 15 is 0 Å². The van der Waals surface area contributed by atoms with Gasteiger partial charge in [-0.1, -0.05) is 25.0 Å². The van der Waals surface area contributed by atoms with E-state index in [0.29, 0.717) is 5.91 Å². The quantitative estimate of drug-likeness (QED) is 0.443. The second kappa shape index (κ2) is 2.17. The lowest BCUT2D eigenvalue weighted by Crippen LogP contribution is -2.77. The molecular weight excluding hydrogens is 162 g/mol. The topological polar surface area (TPSA) is 29.1 Å². The maximum absolute atomic E-state index is 11.7. The van der Waals surface area contributed by atoms with Crippen molar-refractivity contribution in [3.8, 4) is 0 Å². The number of carbonyl (C=O) groups excluding carboxylic acids is 1. The van der Waals surface area contributed by atoms with E-state index in [2.05, 4.69) is 17.5 Å². The lowest BCUT2D eigenvalue weighted by Gasteiger charge is -2.62. The van der Waals surface area contributed by atoms with E-state index in [9.17, 15) is 4.79 Å². The molecule has 1 saturated carbocycles. The van der Waals surface area contributed by atoms with Gasteiger partial charge in [-0.15, -0.1) is 0 Å². The fraction of sp³-hybridized carbons (Fsp3) is 0.727. The van der Waals surface area contributed by atoms with Crippen LogP contribution in [0.2, 0.25) is 0 Å². The van der Waals surface area contributed by atoms with Crippen LogP contribution in [0.15, 0.2) is 12.2 Å². The third kappa shape index (κ3) is 0.687. The molecule has 2 atom stereocenters. The molecule has 0 radical (unpaired) electrons. The lowest BCUT2D eigenvalue weighted by atomic mass is 9.50. The van der Waals surface area contributed by atoms with Crippen molar-refractivity contribution >= 4 is 5.91 Å². The molecule has 1 amide bonds. The Hall–Kier alpha value is -0.790. The molecule has 2 heteroatoms. The van der Waals surface area contributed by atoms with Crippen LogP contribution in [0.1, 0.15) is 38.5 Å². The van der Waals surface area contributed by atoms with E-state index in [1.165, 1.54) is 19.3 Å². The van der Waals surface area contributed by atoms with Gasteiger partial charge in [0.1, 0.15) is 0 Å². The zero-order chi connectivity index (χ0) is 8.94. The van der Waals surface area contributed by atoms with Gasteiger partial charge in [0.2, 0.25) is 5.91 Å². The Kier molecular flexibility index (Phi) is 1.27. The second-order valence-electron chi connectivity index (χ2n) is 4.71. The molecular formula is C11H15NO. The molecule has 0 aromatic carbocycles. The van der Waals surface area contributed by atoms with Gasteiger partial charge in [0.15, 0.2) is 0 Å². The molecule has 70 valence electrons. The average molecular weight is 177 g/mol. The van der Waals surface area contributed by atoms with Crippen LogP contribution >= 0.6 is 0 Å². The molecule has 3 rings (SSSR count). The molecule has 0 bridgehead atoms. The van der Waals surface area contributed by atoms with Gasteiger partial charge in [0, 0.05) is 0 Å². The van der Waals surface area contributed by atoms with Crippen molar-refractivity contribution in [2.45, 2.75) is 44.1 Å². The highest BCUT2D eigenvalue weighted by Crippen LogP contribution is 2.56. The van der Waals surface area contributed by atoms with Crippen molar-refractivity contribution in [2.75, 3.05) is 0 Å². The highest BCUT2D eigenvalue weighted by atomic mass is 16.2. The Labute approximate surface area is 78.4 Å². The summed E-state index contributed by atoms with van der Waals surface area (Å²) in [5.74, 6) is 0.316. The third-order valence-electron chi connectivity index (χ3n) is 4.26. The third-order valence-corrected chi connectivity index (χ3v) is 4.26. The fourth-order valence-corrected chi connectivity index (χ4v) is 3.43. The van der Waals surface area contributed by atoms with Crippen molar-refractivity contribution in [2.24, 2.45) is 5.41 Å². The van der Waals surface area contributed by atoms with Crippen LogP contribution in [-0.2, 0) is 4.79 Å². The summed E-state index contributed by atoms with van der Waals surface area (Å²) in [5, 5.41) is 3.16. The number of rotatable bonds is 0. The smallest absolute Gasteiger partial charge is 0.229 e. The minimum absolute atomic E-state index is 0.0139. The maximum atomic E-state index is 11.7. The van der Waals surface area contributed by atoms with E-state index in [1.54, 1.807) is 0 Å². The van der Waals surface area contributed by atoms with Crippen molar-refractivity contribution < 1.29 is 4.79 Å². The number of allylic oxidation sites excluding steroid dienone is 1. The van der Waals surface area contributed by atoms with E-state index in [-0.39, 0.29) is 11.0 Å². The summed E-state index contributed by atoms with van der Waals surface area (Å²) in [5.41, 5.74) is 0.192. The summed E-state index contributed by atoms with van der Waals surface area (Å²) in [6.45, 7) is 0. The summed E-state index contributed by atoms with van der Waals surface area (Å²) in [6.07, 6.45) is 11.3. The molecule has 13 heavy (non-hydrogen) atoms. The lowest BCUT2D eigenvalue weighted by molar-refractivity contribution is -0.163. The molecule has 0 spiro atoms. The first-order chi connectivity index (χ1) is 6.29. The van der Waals surface area contributed by atoms with Crippen molar-refractivity contribution in [3.05, 3.63) is 12.2 Å². The van der Waals surface area contributed by atoms with Gasteiger partial charge in [-0.2, -0.15) is 0 Å². The van der Waals surface area contributed by atoms with Crippen LogP contribution in [0.5, 0.6) is 0 Å². The molecule has 1 aliphatic heterocycles. The van der Waals surface area contributed by atoms with Crippen LogP contribution in [0.3, 0.4) is 0 Å². The molecule has 1 saturated heterocycles. The molecule has 2 unspecified atom stereocenters. The highest BCUT2D eigenvalue weighted by Gasteiger charge is 2.65. The first-order valence-corrected chi connectivity index (χ1v) is 5.27. The van der Waals surface area contributed by atoms with E-state index in [4.69, 9.17) is 0 Å². The zero-order valence-electron chi connectivity index (χ0n) is 7.81. The Bertz CT molecular complexity index is 296. The summed E-state index contributed by atoms with van der Waals surface area (Å²) in [6, 6.07) is 0. The van der Waals surface area contributed by atoms with Gasteiger partial charge in [-0.05, 0) is 25.7 Å². The normalized spacial score (nSPS) is 47.2. The van der Waals surface area contributed by atoms with E-state index in [1.807, 2.05) is 0 Å². The van der Waals surface area contributed by atoms with Crippen molar-refractivity contribution in [1.82, 2.24) is 5.32 Å². The molecule has 1 heterocycles. The minimum Gasteiger partial charge on any atom is -0.349 e. The first kappa shape index (κ1) is 7.60. The Morgan fingerprint density at radius 1 is 1.15 bits per heavy atom.